The highest BCUT2D eigenvalue weighted by molar-refractivity contribution is 6.04. The lowest BCUT2D eigenvalue weighted by atomic mass is 10.1. The van der Waals surface area contributed by atoms with E-state index in [4.69, 9.17) is 4.74 Å². The fraction of sp³-hybridized carbons (Fsp3) is 0.556. The van der Waals surface area contributed by atoms with Crippen LogP contribution in [0.5, 0.6) is 0 Å². The number of carbonyl (C=O) groups is 2. The highest BCUT2D eigenvalue weighted by Crippen LogP contribution is 2.17. The Labute approximate surface area is 148 Å². The summed E-state index contributed by atoms with van der Waals surface area (Å²) in [5.41, 5.74) is 1.08. The molecule has 136 valence electrons. The summed E-state index contributed by atoms with van der Waals surface area (Å²) in [5, 5.41) is 9.03. The highest BCUT2D eigenvalue weighted by atomic mass is 16.5. The van der Waals surface area contributed by atoms with Gasteiger partial charge in [0.2, 0.25) is 5.91 Å². The first-order valence-electron chi connectivity index (χ1n) is 8.93. The maximum Gasteiger partial charge on any atom is 0.253 e. The molecule has 2 aliphatic rings. The molecule has 2 fully saturated rings. The molecule has 1 atom stereocenters. The Morgan fingerprint density at radius 2 is 2.04 bits per heavy atom. The molecule has 1 aromatic rings. The predicted octanol–water partition coefficient (Wildman–Crippen LogP) is 0.297. The van der Waals surface area contributed by atoms with Gasteiger partial charge in [-0.05, 0) is 25.1 Å². The van der Waals surface area contributed by atoms with Crippen molar-refractivity contribution in [3.8, 4) is 0 Å². The van der Waals surface area contributed by atoms with E-state index < -0.39 is 0 Å². The first-order chi connectivity index (χ1) is 12.2. The van der Waals surface area contributed by atoms with Crippen LogP contribution in [0.3, 0.4) is 0 Å². The van der Waals surface area contributed by atoms with Crippen molar-refractivity contribution in [3.05, 3.63) is 29.8 Å². The third kappa shape index (κ3) is 5.01. The number of rotatable bonds is 6. The predicted molar refractivity (Wildman–Crippen MR) is 95.6 cm³/mol. The third-order valence-electron chi connectivity index (χ3n) is 4.68. The second-order valence-corrected chi connectivity index (χ2v) is 6.43. The zero-order valence-corrected chi connectivity index (χ0v) is 14.4. The number of benzene rings is 1. The molecule has 2 aliphatic heterocycles. The molecule has 0 spiro atoms. The summed E-state index contributed by atoms with van der Waals surface area (Å²) in [6, 6.07) is 7.15. The van der Waals surface area contributed by atoms with Crippen LogP contribution in [0, 0.1) is 5.92 Å². The summed E-state index contributed by atoms with van der Waals surface area (Å²) in [7, 11) is 0. The number of amides is 2. The molecule has 0 aromatic heterocycles. The van der Waals surface area contributed by atoms with Gasteiger partial charge in [0.1, 0.15) is 0 Å². The van der Waals surface area contributed by atoms with Crippen molar-refractivity contribution in [2.45, 2.75) is 6.42 Å². The van der Waals surface area contributed by atoms with Crippen LogP contribution in [0.4, 0.5) is 5.69 Å². The Hall–Kier alpha value is -1.96. The van der Waals surface area contributed by atoms with Crippen LogP contribution >= 0.6 is 0 Å². The molecule has 2 amide bonds. The van der Waals surface area contributed by atoms with E-state index in [2.05, 4.69) is 20.9 Å². The number of hydrogen-bond acceptors (Lipinski definition) is 5. The number of ether oxygens (including phenoxy) is 1. The van der Waals surface area contributed by atoms with Gasteiger partial charge >= 0.3 is 0 Å². The molecule has 25 heavy (non-hydrogen) atoms. The van der Waals surface area contributed by atoms with Gasteiger partial charge in [0.15, 0.2) is 0 Å². The molecule has 0 aliphatic carbocycles. The van der Waals surface area contributed by atoms with Gasteiger partial charge in [0, 0.05) is 32.7 Å². The van der Waals surface area contributed by atoms with E-state index in [9.17, 15) is 9.59 Å². The van der Waals surface area contributed by atoms with E-state index in [1.165, 1.54) is 0 Å². The minimum Gasteiger partial charge on any atom is -0.379 e. The zero-order chi connectivity index (χ0) is 17.5. The van der Waals surface area contributed by atoms with Crippen LogP contribution in [-0.2, 0) is 9.53 Å². The van der Waals surface area contributed by atoms with Crippen molar-refractivity contribution in [2.75, 3.05) is 57.8 Å². The highest BCUT2D eigenvalue weighted by Gasteiger charge is 2.23. The summed E-state index contributed by atoms with van der Waals surface area (Å²) in [4.78, 5) is 27.1. The number of anilines is 1. The van der Waals surface area contributed by atoms with Gasteiger partial charge < -0.3 is 20.7 Å². The van der Waals surface area contributed by atoms with Crippen molar-refractivity contribution in [1.29, 1.82) is 0 Å². The minimum atomic E-state index is -0.159. The molecule has 0 saturated carbocycles. The van der Waals surface area contributed by atoms with Crippen molar-refractivity contribution in [3.63, 3.8) is 0 Å². The average Bonchev–Trinajstić information content (AvgIpc) is 3.18. The Morgan fingerprint density at radius 1 is 1.24 bits per heavy atom. The van der Waals surface area contributed by atoms with Gasteiger partial charge in [-0.1, -0.05) is 12.1 Å². The SMILES string of the molecule is O=C(NCCN1CCOCC1)c1ccccc1NC(=O)[C@@H]1CCNC1. The van der Waals surface area contributed by atoms with Gasteiger partial charge in [-0.25, -0.2) is 0 Å². The standard InChI is InChI=1S/C18H26N4O3/c23-17(14-5-6-19-13-14)21-16-4-2-1-3-15(16)18(24)20-7-8-22-9-11-25-12-10-22/h1-4,14,19H,5-13H2,(H,20,24)(H,21,23)/t14-/m1/s1. The van der Waals surface area contributed by atoms with E-state index in [1.807, 2.05) is 12.1 Å². The maximum absolute atomic E-state index is 12.5. The number of morpholine rings is 1. The molecule has 0 unspecified atom stereocenters. The number of nitrogens with zero attached hydrogens (tertiary/aromatic N) is 1. The molecule has 0 bridgehead atoms. The van der Waals surface area contributed by atoms with E-state index in [0.29, 0.717) is 24.3 Å². The van der Waals surface area contributed by atoms with E-state index in [-0.39, 0.29) is 17.7 Å². The Bertz CT molecular complexity index is 596. The van der Waals surface area contributed by atoms with Gasteiger partial charge in [-0.15, -0.1) is 0 Å². The molecule has 2 heterocycles. The number of carbonyl (C=O) groups excluding carboxylic acids is 2. The van der Waals surface area contributed by atoms with Crippen molar-refractivity contribution in [2.24, 2.45) is 5.92 Å². The summed E-state index contributed by atoms with van der Waals surface area (Å²) in [5.74, 6) is -0.218. The minimum absolute atomic E-state index is 0.0291. The third-order valence-corrected chi connectivity index (χ3v) is 4.68. The largest absolute Gasteiger partial charge is 0.379 e. The molecular formula is C18H26N4O3. The monoisotopic (exact) mass is 346 g/mol. The van der Waals surface area contributed by atoms with Crippen molar-refractivity contribution in [1.82, 2.24) is 15.5 Å². The lowest BCUT2D eigenvalue weighted by Crippen LogP contribution is -2.41. The first kappa shape index (κ1) is 17.8. The lowest BCUT2D eigenvalue weighted by Gasteiger charge is -2.26. The quantitative estimate of drug-likeness (QED) is 0.690. The summed E-state index contributed by atoms with van der Waals surface area (Å²) in [6.45, 7) is 6.24. The van der Waals surface area contributed by atoms with Gasteiger partial charge in [0.05, 0.1) is 30.4 Å². The normalized spacial score (nSPS) is 21.0. The zero-order valence-electron chi connectivity index (χ0n) is 14.4. The van der Waals surface area contributed by atoms with Crippen LogP contribution in [-0.4, -0.2) is 69.2 Å². The summed E-state index contributed by atoms with van der Waals surface area (Å²) in [6.07, 6.45) is 0.833. The van der Waals surface area contributed by atoms with Crippen LogP contribution < -0.4 is 16.0 Å². The van der Waals surface area contributed by atoms with E-state index >= 15 is 0 Å². The van der Waals surface area contributed by atoms with Crippen molar-refractivity contribution >= 4 is 17.5 Å². The first-order valence-corrected chi connectivity index (χ1v) is 8.93. The second-order valence-electron chi connectivity index (χ2n) is 6.43. The van der Waals surface area contributed by atoms with Crippen LogP contribution in [0.2, 0.25) is 0 Å². The lowest BCUT2D eigenvalue weighted by molar-refractivity contribution is -0.119. The number of hydrogen-bond donors (Lipinski definition) is 3. The molecule has 2 saturated heterocycles. The smallest absolute Gasteiger partial charge is 0.253 e. The van der Waals surface area contributed by atoms with Crippen molar-refractivity contribution < 1.29 is 14.3 Å². The molecular weight excluding hydrogens is 320 g/mol. The van der Waals surface area contributed by atoms with Crippen LogP contribution in [0.1, 0.15) is 16.8 Å². The second kappa shape index (κ2) is 8.94. The van der Waals surface area contributed by atoms with Gasteiger partial charge in [-0.3, -0.25) is 14.5 Å². The summed E-state index contributed by atoms with van der Waals surface area (Å²) < 4.78 is 5.32. The van der Waals surface area contributed by atoms with E-state index in [1.54, 1.807) is 12.1 Å². The Morgan fingerprint density at radius 3 is 2.80 bits per heavy atom. The fourth-order valence-corrected chi connectivity index (χ4v) is 3.15. The number of nitrogens with one attached hydrogen (secondary N) is 3. The van der Waals surface area contributed by atoms with Gasteiger partial charge in [0.25, 0.3) is 5.91 Å². The topological polar surface area (TPSA) is 82.7 Å². The maximum atomic E-state index is 12.5. The summed E-state index contributed by atoms with van der Waals surface area (Å²) >= 11 is 0. The molecule has 0 radical (unpaired) electrons. The van der Waals surface area contributed by atoms with Crippen LogP contribution in [0.25, 0.3) is 0 Å². The molecule has 7 heteroatoms. The molecule has 3 N–H and O–H groups in total. The van der Waals surface area contributed by atoms with E-state index in [0.717, 1.165) is 45.8 Å². The van der Waals surface area contributed by atoms with Gasteiger partial charge in [-0.2, -0.15) is 0 Å². The molecule has 3 rings (SSSR count). The Kier molecular flexibility index (Phi) is 6.38. The average molecular weight is 346 g/mol. The Balaban J connectivity index is 1.53. The fourth-order valence-electron chi connectivity index (χ4n) is 3.15. The van der Waals surface area contributed by atoms with Crippen LogP contribution in [0.15, 0.2) is 24.3 Å². The molecule has 7 nitrogen and oxygen atoms in total. The molecule has 1 aromatic carbocycles. The number of para-hydroxylation sites is 1.